The average molecular weight is 412 g/mol. The van der Waals surface area contributed by atoms with Crippen LogP contribution in [0.5, 0.6) is 5.75 Å². The van der Waals surface area contributed by atoms with Crippen LogP contribution in [0.2, 0.25) is 0 Å². The number of nitrogens with zero attached hydrogens (tertiary/aromatic N) is 4. The molecule has 0 bridgehead atoms. The van der Waals surface area contributed by atoms with Gasteiger partial charge in [0, 0.05) is 6.54 Å². The second-order valence-corrected chi connectivity index (χ2v) is 6.72. The van der Waals surface area contributed by atoms with Gasteiger partial charge < -0.3 is 10.1 Å². The van der Waals surface area contributed by atoms with Gasteiger partial charge in [0.15, 0.2) is 0 Å². The third-order valence-corrected chi connectivity index (χ3v) is 4.63. The minimum Gasteiger partial charge on any atom is -0.492 e. The highest BCUT2D eigenvalue weighted by atomic mass is 32.2. The average Bonchev–Trinajstić information content (AvgIpc) is 3.21. The molecule has 2 aromatic carbocycles. The molecule has 0 spiro atoms. The minimum absolute atomic E-state index is 0.0179. The number of para-hydroxylation sites is 2. The van der Waals surface area contributed by atoms with Gasteiger partial charge in [-0.3, -0.25) is 10.1 Å². The Morgan fingerprint density at radius 3 is 2.66 bits per heavy atom. The number of aromatic nitrogens is 4. The Bertz CT molecular complexity index is 963. The lowest BCUT2D eigenvalue weighted by atomic mass is 10.2. The molecule has 9 nitrogen and oxygen atoms in total. The molecule has 1 aromatic heterocycles. The zero-order chi connectivity index (χ0) is 20.5. The number of amides is 3. The molecule has 3 amide bonds. The lowest BCUT2D eigenvalue weighted by Gasteiger charge is -2.10. The van der Waals surface area contributed by atoms with Crippen LogP contribution >= 0.6 is 11.8 Å². The van der Waals surface area contributed by atoms with Gasteiger partial charge >= 0.3 is 6.03 Å². The number of rotatable bonds is 8. The molecule has 3 rings (SSSR count). The number of imide groups is 1. The summed E-state index contributed by atoms with van der Waals surface area (Å²) in [6, 6.07) is 16.2. The predicted molar refractivity (Wildman–Crippen MR) is 108 cm³/mol. The second kappa shape index (κ2) is 10.2. The van der Waals surface area contributed by atoms with Gasteiger partial charge in [-0.05, 0) is 35.0 Å². The lowest BCUT2D eigenvalue weighted by Crippen LogP contribution is -2.40. The van der Waals surface area contributed by atoms with E-state index in [2.05, 4.69) is 26.2 Å². The van der Waals surface area contributed by atoms with Crippen molar-refractivity contribution in [2.75, 3.05) is 12.4 Å². The molecule has 0 atom stereocenters. The summed E-state index contributed by atoms with van der Waals surface area (Å²) in [5.74, 6) is 0.165. The van der Waals surface area contributed by atoms with Crippen molar-refractivity contribution in [2.24, 2.45) is 0 Å². The van der Waals surface area contributed by atoms with Gasteiger partial charge in [-0.2, -0.15) is 4.68 Å². The van der Waals surface area contributed by atoms with Crippen LogP contribution in [0.1, 0.15) is 12.5 Å². The monoisotopic (exact) mass is 412 g/mol. The van der Waals surface area contributed by atoms with Gasteiger partial charge in [0.1, 0.15) is 11.4 Å². The summed E-state index contributed by atoms with van der Waals surface area (Å²) in [5, 5.41) is 16.9. The predicted octanol–water partition coefficient (Wildman–Crippen LogP) is 2.18. The molecule has 1 heterocycles. The number of hydrogen-bond acceptors (Lipinski definition) is 7. The molecule has 29 heavy (non-hydrogen) atoms. The molecule has 0 unspecified atom stereocenters. The Morgan fingerprint density at radius 2 is 1.86 bits per heavy atom. The third-order valence-electron chi connectivity index (χ3n) is 3.72. The van der Waals surface area contributed by atoms with Gasteiger partial charge in [0.25, 0.3) is 0 Å². The first-order chi connectivity index (χ1) is 14.2. The SMILES string of the molecule is CCOc1ccccc1-n1nnnc1SCC(=O)NC(=O)NCc1ccccc1. The molecule has 10 heteroatoms. The molecular formula is C19H20N6O3S. The number of ether oxygens (including phenoxy) is 1. The second-order valence-electron chi connectivity index (χ2n) is 5.78. The van der Waals surface area contributed by atoms with Crippen LogP contribution in [0.4, 0.5) is 4.79 Å². The Labute approximate surface area is 171 Å². The molecule has 3 aromatic rings. The fourth-order valence-corrected chi connectivity index (χ4v) is 3.13. The van der Waals surface area contributed by atoms with Crippen molar-refractivity contribution in [1.82, 2.24) is 30.8 Å². The first kappa shape index (κ1) is 20.3. The summed E-state index contributed by atoms with van der Waals surface area (Å²) < 4.78 is 7.10. The Balaban J connectivity index is 1.54. The van der Waals surface area contributed by atoms with Crippen LogP contribution < -0.4 is 15.4 Å². The van der Waals surface area contributed by atoms with Crippen LogP contribution in [0.25, 0.3) is 5.69 Å². The van der Waals surface area contributed by atoms with Crippen LogP contribution in [-0.4, -0.2) is 44.5 Å². The van der Waals surface area contributed by atoms with Crippen molar-refractivity contribution >= 4 is 23.7 Å². The van der Waals surface area contributed by atoms with Gasteiger partial charge in [-0.15, -0.1) is 5.10 Å². The van der Waals surface area contributed by atoms with E-state index in [4.69, 9.17) is 4.74 Å². The van der Waals surface area contributed by atoms with Crippen molar-refractivity contribution in [1.29, 1.82) is 0 Å². The summed E-state index contributed by atoms with van der Waals surface area (Å²) in [7, 11) is 0. The Hall–Kier alpha value is -3.40. The Kier molecular flexibility index (Phi) is 7.17. The van der Waals surface area contributed by atoms with E-state index in [1.165, 1.54) is 4.68 Å². The number of carbonyl (C=O) groups excluding carboxylic acids is 2. The molecule has 0 saturated heterocycles. The smallest absolute Gasteiger partial charge is 0.321 e. The van der Waals surface area contributed by atoms with Crippen molar-refractivity contribution in [3.8, 4) is 11.4 Å². The quantitative estimate of drug-likeness (QED) is 0.546. The molecule has 0 aliphatic heterocycles. The third kappa shape index (κ3) is 5.79. The maximum atomic E-state index is 12.1. The highest BCUT2D eigenvalue weighted by molar-refractivity contribution is 7.99. The largest absolute Gasteiger partial charge is 0.492 e. The summed E-state index contributed by atoms with van der Waals surface area (Å²) in [5.41, 5.74) is 1.61. The summed E-state index contributed by atoms with van der Waals surface area (Å²) in [4.78, 5) is 24.0. The fourth-order valence-electron chi connectivity index (χ4n) is 2.45. The van der Waals surface area contributed by atoms with Crippen molar-refractivity contribution < 1.29 is 14.3 Å². The summed E-state index contributed by atoms with van der Waals surface area (Å²) >= 11 is 1.12. The van der Waals surface area contributed by atoms with Gasteiger partial charge in [0.05, 0.1) is 12.4 Å². The standard InChI is InChI=1S/C19H20N6O3S/c1-2-28-16-11-7-6-10-15(16)25-19(22-23-24-25)29-13-17(26)21-18(27)20-12-14-8-4-3-5-9-14/h3-11H,2,12-13H2,1H3,(H2,20,21,26,27). The number of urea groups is 1. The van der Waals surface area contributed by atoms with E-state index >= 15 is 0 Å². The van der Waals surface area contributed by atoms with E-state index < -0.39 is 11.9 Å². The number of nitrogens with one attached hydrogen (secondary N) is 2. The maximum Gasteiger partial charge on any atom is 0.321 e. The van der Waals surface area contributed by atoms with E-state index in [-0.39, 0.29) is 5.75 Å². The molecule has 2 N–H and O–H groups in total. The first-order valence-electron chi connectivity index (χ1n) is 8.92. The van der Waals surface area contributed by atoms with Gasteiger partial charge in [-0.1, -0.05) is 54.2 Å². The van der Waals surface area contributed by atoms with E-state index in [9.17, 15) is 9.59 Å². The summed E-state index contributed by atoms with van der Waals surface area (Å²) in [6.07, 6.45) is 0. The molecule has 150 valence electrons. The van der Waals surface area contributed by atoms with Crippen molar-refractivity contribution in [2.45, 2.75) is 18.6 Å². The number of tetrazole rings is 1. The van der Waals surface area contributed by atoms with Crippen LogP contribution in [0, 0.1) is 0 Å². The number of carbonyl (C=O) groups is 2. The Morgan fingerprint density at radius 1 is 1.10 bits per heavy atom. The molecular weight excluding hydrogens is 392 g/mol. The fraction of sp³-hybridized carbons (Fsp3) is 0.211. The number of thioether (sulfide) groups is 1. The van der Waals surface area contributed by atoms with Crippen LogP contribution in [0.15, 0.2) is 59.8 Å². The van der Waals surface area contributed by atoms with E-state index in [0.29, 0.717) is 29.7 Å². The van der Waals surface area contributed by atoms with Crippen LogP contribution in [-0.2, 0) is 11.3 Å². The number of hydrogen-bond donors (Lipinski definition) is 2. The molecule has 0 radical (unpaired) electrons. The van der Waals surface area contributed by atoms with Crippen molar-refractivity contribution in [3.63, 3.8) is 0 Å². The molecule has 0 fully saturated rings. The zero-order valence-corrected chi connectivity index (χ0v) is 16.6. The highest BCUT2D eigenvalue weighted by Gasteiger charge is 2.15. The normalized spacial score (nSPS) is 10.4. The lowest BCUT2D eigenvalue weighted by molar-refractivity contribution is -0.117. The molecule has 0 saturated carbocycles. The van der Waals surface area contributed by atoms with Gasteiger partial charge in [-0.25, -0.2) is 4.79 Å². The minimum atomic E-state index is -0.555. The van der Waals surface area contributed by atoms with E-state index in [1.54, 1.807) is 0 Å². The van der Waals surface area contributed by atoms with E-state index in [0.717, 1.165) is 17.3 Å². The zero-order valence-electron chi connectivity index (χ0n) is 15.7. The number of benzene rings is 2. The van der Waals surface area contributed by atoms with Crippen molar-refractivity contribution in [3.05, 3.63) is 60.2 Å². The maximum absolute atomic E-state index is 12.1. The summed E-state index contributed by atoms with van der Waals surface area (Å²) in [6.45, 7) is 2.72. The highest BCUT2D eigenvalue weighted by Crippen LogP contribution is 2.25. The van der Waals surface area contributed by atoms with Crippen LogP contribution in [0.3, 0.4) is 0 Å². The van der Waals surface area contributed by atoms with E-state index in [1.807, 2.05) is 61.5 Å². The van der Waals surface area contributed by atoms with Gasteiger partial charge in [0.2, 0.25) is 11.1 Å². The molecule has 0 aliphatic rings. The topological polar surface area (TPSA) is 111 Å². The first-order valence-corrected chi connectivity index (χ1v) is 9.91. The molecule has 0 aliphatic carbocycles.